The summed E-state index contributed by atoms with van der Waals surface area (Å²) in [6, 6.07) is 0.903. The monoisotopic (exact) mass is 343 g/mol. The number of rotatable bonds is 5. The molecule has 0 spiro atoms. The van der Waals surface area contributed by atoms with Crippen molar-refractivity contribution in [2.45, 2.75) is 6.18 Å². The number of nitrogens with zero attached hydrogens (tertiary/aromatic N) is 2. The van der Waals surface area contributed by atoms with E-state index in [9.17, 15) is 28.1 Å². The van der Waals surface area contributed by atoms with Crippen molar-refractivity contribution in [2.75, 3.05) is 18.4 Å². The van der Waals surface area contributed by atoms with Gasteiger partial charge in [-0.15, -0.1) is 0 Å². The molecule has 1 heterocycles. The Morgan fingerprint density at radius 1 is 1.53 bits per heavy atom. The van der Waals surface area contributed by atoms with Crippen molar-refractivity contribution in [1.82, 2.24) is 9.88 Å². The van der Waals surface area contributed by atoms with Gasteiger partial charge in [-0.05, 0) is 0 Å². The normalized spacial score (nSPS) is 11.4. The lowest BCUT2D eigenvalue weighted by molar-refractivity contribution is -0.384. The number of halogens is 4. The van der Waals surface area contributed by atoms with Crippen LogP contribution in [0.3, 0.4) is 0 Å². The molecule has 0 fully saturated rings. The SMILES string of the molecule is O=C(c1cc([N+](=O)[O-])c[nH]1)N(CCBr)CC(F)(F)F. The zero-order valence-electron chi connectivity index (χ0n) is 9.41. The van der Waals surface area contributed by atoms with Crippen molar-refractivity contribution in [1.29, 1.82) is 0 Å². The van der Waals surface area contributed by atoms with Crippen LogP contribution in [0.5, 0.6) is 0 Å². The van der Waals surface area contributed by atoms with Gasteiger partial charge in [0.25, 0.3) is 11.6 Å². The maximum Gasteiger partial charge on any atom is 0.406 e. The second-order valence-electron chi connectivity index (χ2n) is 3.56. The van der Waals surface area contributed by atoms with E-state index in [1.165, 1.54) is 0 Å². The Balaban J connectivity index is 2.89. The van der Waals surface area contributed by atoms with Gasteiger partial charge in [-0.2, -0.15) is 13.2 Å². The Labute approximate surface area is 113 Å². The number of carbonyl (C=O) groups excluding carboxylic acids is 1. The molecule has 1 amide bonds. The van der Waals surface area contributed by atoms with Crippen LogP contribution in [0.25, 0.3) is 0 Å². The van der Waals surface area contributed by atoms with Crippen LogP contribution < -0.4 is 0 Å². The minimum absolute atomic E-state index is 0.162. The molecule has 0 unspecified atom stereocenters. The first-order valence-corrected chi connectivity index (χ1v) is 6.11. The maximum absolute atomic E-state index is 12.3. The van der Waals surface area contributed by atoms with Crippen molar-refractivity contribution in [3.8, 4) is 0 Å². The second-order valence-corrected chi connectivity index (χ2v) is 4.35. The zero-order valence-corrected chi connectivity index (χ0v) is 11.0. The number of nitro groups is 1. The minimum Gasteiger partial charge on any atom is -0.351 e. The summed E-state index contributed by atoms with van der Waals surface area (Å²) in [6.07, 6.45) is -3.58. The van der Waals surface area contributed by atoms with Crippen LogP contribution in [0.4, 0.5) is 18.9 Å². The fraction of sp³-hybridized carbons (Fsp3) is 0.444. The summed E-state index contributed by atoms with van der Waals surface area (Å²) in [7, 11) is 0. The van der Waals surface area contributed by atoms with Gasteiger partial charge in [-0.3, -0.25) is 14.9 Å². The van der Waals surface area contributed by atoms with E-state index in [2.05, 4.69) is 20.9 Å². The third kappa shape index (κ3) is 4.54. The van der Waals surface area contributed by atoms with Crippen LogP contribution >= 0.6 is 15.9 Å². The molecule has 10 heteroatoms. The van der Waals surface area contributed by atoms with Crippen LogP contribution in [0.1, 0.15) is 10.5 Å². The number of H-pyrrole nitrogens is 1. The van der Waals surface area contributed by atoms with E-state index in [1.54, 1.807) is 0 Å². The highest BCUT2D eigenvalue weighted by atomic mass is 79.9. The summed E-state index contributed by atoms with van der Waals surface area (Å²) in [5.74, 6) is -0.940. The highest BCUT2D eigenvalue weighted by Gasteiger charge is 2.33. The molecule has 0 aliphatic carbocycles. The lowest BCUT2D eigenvalue weighted by Gasteiger charge is -2.22. The zero-order chi connectivity index (χ0) is 14.6. The highest BCUT2D eigenvalue weighted by Crippen LogP contribution is 2.19. The quantitative estimate of drug-likeness (QED) is 0.506. The average molecular weight is 344 g/mol. The van der Waals surface area contributed by atoms with Gasteiger partial charge in [-0.25, -0.2) is 0 Å². The van der Waals surface area contributed by atoms with Crippen LogP contribution in [0, 0.1) is 10.1 Å². The molecule has 0 bridgehead atoms. The van der Waals surface area contributed by atoms with Crippen LogP contribution in [0.2, 0.25) is 0 Å². The van der Waals surface area contributed by atoms with E-state index in [4.69, 9.17) is 0 Å². The third-order valence-corrected chi connectivity index (χ3v) is 2.48. The molecule has 0 aliphatic heterocycles. The molecule has 1 rings (SSSR count). The molecule has 19 heavy (non-hydrogen) atoms. The predicted octanol–water partition coefficient (Wildman–Crippen LogP) is 2.32. The minimum atomic E-state index is -4.53. The second kappa shape index (κ2) is 6.04. The molecule has 0 aromatic carbocycles. The lowest BCUT2D eigenvalue weighted by Crippen LogP contribution is -2.40. The van der Waals surface area contributed by atoms with Gasteiger partial charge in [0.1, 0.15) is 12.2 Å². The number of carbonyl (C=O) groups is 1. The molecule has 0 saturated carbocycles. The van der Waals surface area contributed by atoms with Crippen molar-refractivity contribution in [3.05, 3.63) is 28.1 Å². The van der Waals surface area contributed by atoms with Crippen molar-refractivity contribution >= 4 is 27.5 Å². The van der Waals surface area contributed by atoms with E-state index in [-0.39, 0.29) is 23.3 Å². The summed E-state index contributed by atoms with van der Waals surface area (Å²) in [6.45, 7) is -1.57. The molecule has 6 nitrogen and oxygen atoms in total. The number of nitrogens with one attached hydrogen (secondary N) is 1. The smallest absolute Gasteiger partial charge is 0.351 e. The maximum atomic E-state index is 12.3. The number of amides is 1. The van der Waals surface area contributed by atoms with E-state index in [0.29, 0.717) is 4.90 Å². The van der Waals surface area contributed by atoms with Gasteiger partial charge in [0.15, 0.2) is 0 Å². The Hall–Kier alpha value is -1.58. The molecule has 106 valence electrons. The summed E-state index contributed by atoms with van der Waals surface area (Å²) in [5, 5.41) is 10.6. The van der Waals surface area contributed by atoms with Crippen LogP contribution in [-0.4, -0.2) is 45.3 Å². The number of aromatic nitrogens is 1. The van der Waals surface area contributed by atoms with E-state index in [1.807, 2.05) is 0 Å². The molecule has 1 aromatic rings. The largest absolute Gasteiger partial charge is 0.406 e. The molecule has 0 radical (unpaired) electrons. The van der Waals surface area contributed by atoms with Gasteiger partial charge in [0, 0.05) is 17.9 Å². The van der Waals surface area contributed by atoms with Crippen molar-refractivity contribution < 1.29 is 22.9 Å². The van der Waals surface area contributed by atoms with Crippen molar-refractivity contribution in [3.63, 3.8) is 0 Å². The van der Waals surface area contributed by atoms with E-state index >= 15 is 0 Å². The topological polar surface area (TPSA) is 79.2 Å². The number of aromatic amines is 1. The van der Waals surface area contributed by atoms with Gasteiger partial charge >= 0.3 is 6.18 Å². The Morgan fingerprint density at radius 3 is 2.58 bits per heavy atom. The molecule has 0 aliphatic rings. The van der Waals surface area contributed by atoms with Gasteiger partial charge in [0.2, 0.25) is 0 Å². The summed E-state index contributed by atoms with van der Waals surface area (Å²) in [4.78, 5) is 24.3. The van der Waals surface area contributed by atoms with Crippen molar-refractivity contribution in [2.24, 2.45) is 0 Å². The number of hydrogen-bond donors (Lipinski definition) is 1. The Bertz CT molecular complexity index is 475. The highest BCUT2D eigenvalue weighted by molar-refractivity contribution is 9.09. The first-order chi connectivity index (χ1) is 8.74. The first kappa shape index (κ1) is 15.5. The number of hydrogen-bond acceptors (Lipinski definition) is 3. The molecule has 0 saturated heterocycles. The van der Waals surface area contributed by atoms with Gasteiger partial charge < -0.3 is 9.88 Å². The van der Waals surface area contributed by atoms with Crippen LogP contribution in [0.15, 0.2) is 12.3 Å². The summed E-state index contributed by atoms with van der Waals surface area (Å²) >= 11 is 2.95. The third-order valence-electron chi connectivity index (χ3n) is 2.12. The Kier molecular flexibility index (Phi) is 4.92. The summed E-state index contributed by atoms with van der Waals surface area (Å²) in [5.41, 5.74) is -0.633. The average Bonchev–Trinajstić information content (AvgIpc) is 2.75. The predicted molar refractivity (Wildman–Crippen MR) is 63.2 cm³/mol. The van der Waals surface area contributed by atoms with Gasteiger partial charge in [-0.1, -0.05) is 15.9 Å². The molecule has 1 N–H and O–H groups in total. The van der Waals surface area contributed by atoms with Gasteiger partial charge in [0.05, 0.1) is 11.1 Å². The lowest BCUT2D eigenvalue weighted by atomic mass is 10.3. The molecular weight excluding hydrogens is 335 g/mol. The molecule has 1 aromatic heterocycles. The molecule has 0 atom stereocenters. The molecular formula is C9H9BrF3N3O3. The van der Waals surface area contributed by atoms with Crippen LogP contribution in [-0.2, 0) is 0 Å². The fourth-order valence-electron chi connectivity index (χ4n) is 1.35. The fourth-order valence-corrected chi connectivity index (χ4v) is 1.78. The Morgan fingerprint density at radius 2 is 2.16 bits per heavy atom. The summed E-state index contributed by atoms with van der Waals surface area (Å²) < 4.78 is 36.9. The van der Waals surface area contributed by atoms with E-state index in [0.717, 1.165) is 12.3 Å². The number of alkyl halides is 4. The van der Waals surface area contributed by atoms with E-state index < -0.39 is 23.6 Å². The standard InChI is InChI=1S/C9H9BrF3N3O3/c10-1-2-15(5-9(11,12)13)8(17)7-3-6(4-14-7)16(18)19/h3-4,14H,1-2,5H2. The first-order valence-electron chi connectivity index (χ1n) is 4.99.